The first-order valence-corrected chi connectivity index (χ1v) is 4.80. The van der Waals surface area contributed by atoms with Crippen LogP contribution in [0.5, 0.6) is 0 Å². The molecule has 0 aliphatic heterocycles. The number of hydrogen-bond donors (Lipinski definition) is 0. The summed E-state index contributed by atoms with van der Waals surface area (Å²) in [6.45, 7) is 8.35. The molecule has 0 bridgehead atoms. The first-order valence-electron chi connectivity index (χ1n) is 4.80. The first kappa shape index (κ1) is 10.6. The second-order valence-corrected chi connectivity index (χ2v) is 3.87. The van der Waals surface area contributed by atoms with Gasteiger partial charge in [-0.25, -0.2) is 4.98 Å². The molecule has 1 heterocycles. The monoisotopic (exact) mass is 189 g/mol. The molecule has 0 fully saturated rings. The van der Waals surface area contributed by atoms with Crippen LogP contribution in [0.15, 0.2) is 6.20 Å². The van der Waals surface area contributed by atoms with Crippen molar-refractivity contribution in [2.45, 2.75) is 33.6 Å². The Labute approximate surface area is 84.8 Å². The molecule has 3 heteroatoms. The fourth-order valence-electron chi connectivity index (χ4n) is 1.31. The van der Waals surface area contributed by atoms with Gasteiger partial charge in [0.25, 0.3) is 0 Å². The SMILES string of the molecule is Cc1nc(C#N)cnc1C(C)C(C)C. The van der Waals surface area contributed by atoms with Crippen molar-refractivity contribution in [1.82, 2.24) is 9.97 Å². The van der Waals surface area contributed by atoms with E-state index in [1.807, 2.05) is 13.0 Å². The molecule has 1 unspecified atom stereocenters. The Balaban J connectivity index is 3.07. The molecule has 0 N–H and O–H groups in total. The molecule has 0 aliphatic carbocycles. The largest absolute Gasteiger partial charge is 0.256 e. The molecular formula is C11H15N3. The molecule has 0 amide bonds. The summed E-state index contributed by atoms with van der Waals surface area (Å²) in [5.41, 5.74) is 2.26. The fourth-order valence-corrected chi connectivity index (χ4v) is 1.31. The third-order valence-corrected chi connectivity index (χ3v) is 2.53. The van der Waals surface area contributed by atoms with Crippen molar-refractivity contribution in [3.8, 4) is 6.07 Å². The minimum Gasteiger partial charge on any atom is -0.256 e. The predicted molar refractivity (Wildman–Crippen MR) is 54.7 cm³/mol. The minimum atomic E-state index is 0.384. The molecular weight excluding hydrogens is 174 g/mol. The van der Waals surface area contributed by atoms with Crippen LogP contribution in [0.3, 0.4) is 0 Å². The highest BCUT2D eigenvalue weighted by Gasteiger charge is 2.14. The maximum atomic E-state index is 8.65. The molecule has 0 saturated carbocycles. The van der Waals surface area contributed by atoms with Gasteiger partial charge >= 0.3 is 0 Å². The van der Waals surface area contributed by atoms with E-state index in [-0.39, 0.29) is 0 Å². The Morgan fingerprint density at radius 3 is 2.43 bits per heavy atom. The molecule has 1 atom stereocenters. The van der Waals surface area contributed by atoms with Crippen LogP contribution in [0, 0.1) is 24.2 Å². The number of nitriles is 1. The van der Waals surface area contributed by atoms with E-state index >= 15 is 0 Å². The molecule has 1 rings (SSSR count). The van der Waals surface area contributed by atoms with Gasteiger partial charge in [0.2, 0.25) is 0 Å². The second-order valence-electron chi connectivity index (χ2n) is 3.87. The molecule has 0 spiro atoms. The van der Waals surface area contributed by atoms with Gasteiger partial charge in [-0.1, -0.05) is 20.8 Å². The van der Waals surface area contributed by atoms with Crippen LogP contribution in [-0.4, -0.2) is 9.97 Å². The van der Waals surface area contributed by atoms with E-state index in [4.69, 9.17) is 5.26 Å². The Morgan fingerprint density at radius 1 is 1.36 bits per heavy atom. The van der Waals surface area contributed by atoms with E-state index in [9.17, 15) is 0 Å². The number of aromatic nitrogens is 2. The van der Waals surface area contributed by atoms with E-state index in [0.717, 1.165) is 11.4 Å². The van der Waals surface area contributed by atoms with Crippen molar-refractivity contribution in [2.24, 2.45) is 5.92 Å². The lowest BCUT2D eigenvalue weighted by atomic mass is 9.93. The van der Waals surface area contributed by atoms with Gasteiger partial charge in [0.1, 0.15) is 6.07 Å². The van der Waals surface area contributed by atoms with E-state index in [1.54, 1.807) is 6.20 Å². The second kappa shape index (κ2) is 4.19. The summed E-state index contributed by atoms with van der Waals surface area (Å²) in [5.74, 6) is 0.922. The number of rotatable bonds is 2. The summed E-state index contributed by atoms with van der Waals surface area (Å²) in [6.07, 6.45) is 1.54. The van der Waals surface area contributed by atoms with Crippen molar-refractivity contribution in [3.05, 3.63) is 23.3 Å². The molecule has 14 heavy (non-hydrogen) atoms. The quantitative estimate of drug-likeness (QED) is 0.717. The Bertz CT molecular complexity index is 363. The molecule has 1 aromatic heterocycles. The van der Waals surface area contributed by atoms with Gasteiger partial charge in [-0.15, -0.1) is 0 Å². The predicted octanol–water partition coefficient (Wildman–Crippen LogP) is 2.42. The van der Waals surface area contributed by atoms with E-state index in [1.165, 1.54) is 0 Å². The van der Waals surface area contributed by atoms with Gasteiger partial charge in [0.05, 0.1) is 17.6 Å². The number of nitrogens with zero attached hydrogens (tertiary/aromatic N) is 3. The number of hydrogen-bond acceptors (Lipinski definition) is 3. The van der Waals surface area contributed by atoms with E-state index < -0.39 is 0 Å². The average molecular weight is 189 g/mol. The van der Waals surface area contributed by atoms with Gasteiger partial charge in [-0.05, 0) is 12.8 Å². The van der Waals surface area contributed by atoms with Crippen LogP contribution in [0.2, 0.25) is 0 Å². The van der Waals surface area contributed by atoms with Gasteiger partial charge < -0.3 is 0 Å². The molecule has 74 valence electrons. The normalized spacial score (nSPS) is 12.6. The fraction of sp³-hybridized carbons (Fsp3) is 0.545. The van der Waals surface area contributed by atoms with Crippen LogP contribution in [-0.2, 0) is 0 Å². The molecule has 3 nitrogen and oxygen atoms in total. The molecule has 0 aliphatic rings. The van der Waals surface area contributed by atoms with Gasteiger partial charge in [0.15, 0.2) is 5.69 Å². The highest BCUT2D eigenvalue weighted by Crippen LogP contribution is 2.23. The minimum absolute atomic E-state index is 0.384. The first-order chi connectivity index (χ1) is 6.56. The Hall–Kier alpha value is -1.43. The van der Waals surface area contributed by atoms with E-state index in [0.29, 0.717) is 17.5 Å². The van der Waals surface area contributed by atoms with Crippen LogP contribution in [0.4, 0.5) is 0 Å². The molecule has 0 radical (unpaired) electrons. The van der Waals surface area contributed by atoms with Gasteiger partial charge in [-0.3, -0.25) is 4.98 Å². The summed E-state index contributed by atoms with van der Waals surface area (Å²) < 4.78 is 0. The standard InChI is InChI=1S/C11H15N3/c1-7(2)8(3)11-9(4)14-10(5-12)6-13-11/h6-8H,1-4H3. The smallest absolute Gasteiger partial charge is 0.159 e. The summed E-state index contributed by atoms with van der Waals surface area (Å²) in [5, 5.41) is 8.65. The van der Waals surface area contributed by atoms with Crippen molar-refractivity contribution in [3.63, 3.8) is 0 Å². The van der Waals surface area contributed by atoms with Crippen LogP contribution in [0.1, 0.15) is 43.8 Å². The Morgan fingerprint density at radius 2 is 2.00 bits per heavy atom. The zero-order chi connectivity index (χ0) is 10.7. The number of aryl methyl sites for hydroxylation is 1. The maximum Gasteiger partial charge on any atom is 0.159 e. The average Bonchev–Trinajstić information content (AvgIpc) is 2.16. The van der Waals surface area contributed by atoms with Crippen molar-refractivity contribution in [2.75, 3.05) is 0 Å². The van der Waals surface area contributed by atoms with Gasteiger partial charge in [0, 0.05) is 5.92 Å². The molecule has 0 aromatic carbocycles. The zero-order valence-corrected chi connectivity index (χ0v) is 9.07. The van der Waals surface area contributed by atoms with Gasteiger partial charge in [-0.2, -0.15) is 5.26 Å². The summed E-state index contributed by atoms with van der Waals surface area (Å²) in [6, 6.07) is 1.99. The Kier molecular flexibility index (Phi) is 3.19. The van der Waals surface area contributed by atoms with Crippen LogP contribution < -0.4 is 0 Å². The van der Waals surface area contributed by atoms with Crippen molar-refractivity contribution < 1.29 is 0 Å². The summed E-state index contributed by atoms with van der Waals surface area (Å²) in [4.78, 5) is 8.46. The highest BCUT2D eigenvalue weighted by atomic mass is 14.8. The third kappa shape index (κ3) is 2.08. The highest BCUT2D eigenvalue weighted by molar-refractivity contribution is 5.23. The summed E-state index contributed by atoms with van der Waals surface area (Å²) >= 11 is 0. The van der Waals surface area contributed by atoms with Crippen molar-refractivity contribution in [1.29, 1.82) is 5.26 Å². The van der Waals surface area contributed by atoms with E-state index in [2.05, 4.69) is 30.7 Å². The maximum absolute atomic E-state index is 8.65. The lowest BCUT2D eigenvalue weighted by molar-refractivity contribution is 0.518. The van der Waals surface area contributed by atoms with Crippen LogP contribution >= 0.6 is 0 Å². The topological polar surface area (TPSA) is 49.6 Å². The lowest BCUT2D eigenvalue weighted by Gasteiger charge is -2.16. The third-order valence-electron chi connectivity index (χ3n) is 2.53. The lowest BCUT2D eigenvalue weighted by Crippen LogP contribution is -2.08. The zero-order valence-electron chi connectivity index (χ0n) is 9.07. The van der Waals surface area contributed by atoms with Crippen molar-refractivity contribution >= 4 is 0 Å². The molecule has 1 aromatic rings. The summed E-state index contributed by atoms with van der Waals surface area (Å²) in [7, 11) is 0. The van der Waals surface area contributed by atoms with Crippen LogP contribution in [0.25, 0.3) is 0 Å². The molecule has 0 saturated heterocycles.